The molecule has 106 valence electrons. The maximum absolute atomic E-state index is 11.9. The molecule has 0 unspecified atom stereocenters. The lowest BCUT2D eigenvalue weighted by atomic mass is 10.1. The van der Waals surface area contributed by atoms with E-state index in [2.05, 4.69) is 5.32 Å². The molecule has 7 nitrogen and oxygen atoms in total. The van der Waals surface area contributed by atoms with E-state index in [1.165, 1.54) is 18.2 Å². The van der Waals surface area contributed by atoms with E-state index in [0.29, 0.717) is 12.3 Å². The van der Waals surface area contributed by atoms with Crippen LogP contribution < -0.4 is 5.32 Å². The van der Waals surface area contributed by atoms with E-state index in [1.54, 1.807) is 0 Å². The van der Waals surface area contributed by atoms with Crippen LogP contribution in [0.2, 0.25) is 0 Å². The number of nitro benzene ring substituents is 1. The first kappa shape index (κ1) is 14.0. The molecule has 1 amide bonds. The number of nitro groups is 1. The van der Waals surface area contributed by atoms with Crippen LogP contribution in [0.5, 0.6) is 0 Å². The number of nitrogens with one attached hydrogen (secondary N) is 1. The number of hydrogen-bond acceptors (Lipinski definition) is 4. The zero-order valence-electron chi connectivity index (χ0n) is 10.6. The Balaban J connectivity index is 2.07. The number of amides is 1. The van der Waals surface area contributed by atoms with Crippen molar-refractivity contribution < 1.29 is 19.6 Å². The van der Waals surface area contributed by atoms with Crippen molar-refractivity contribution in [1.82, 2.24) is 5.32 Å². The average Bonchev–Trinajstić information content (AvgIpc) is 3.21. The van der Waals surface area contributed by atoms with Gasteiger partial charge in [-0.3, -0.25) is 14.9 Å². The minimum Gasteiger partial charge on any atom is -0.480 e. The van der Waals surface area contributed by atoms with Gasteiger partial charge in [-0.05, 0) is 18.4 Å². The maximum atomic E-state index is 11.9. The van der Waals surface area contributed by atoms with Crippen LogP contribution in [0.1, 0.15) is 29.6 Å². The second-order valence-electron chi connectivity index (χ2n) is 4.85. The number of rotatable bonds is 6. The minimum absolute atomic E-state index is 0.0845. The number of aliphatic carboxylic acids is 1. The summed E-state index contributed by atoms with van der Waals surface area (Å²) < 4.78 is 0. The molecular weight excluding hydrogens is 264 g/mol. The molecule has 1 aromatic rings. The molecular formula is C13H14N2O5. The zero-order valence-corrected chi connectivity index (χ0v) is 10.6. The Labute approximate surface area is 114 Å². The van der Waals surface area contributed by atoms with Crippen LogP contribution in [0, 0.1) is 16.0 Å². The third kappa shape index (κ3) is 3.53. The van der Waals surface area contributed by atoms with E-state index in [9.17, 15) is 19.7 Å². The van der Waals surface area contributed by atoms with Crippen molar-refractivity contribution in [2.75, 3.05) is 0 Å². The molecule has 20 heavy (non-hydrogen) atoms. The van der Waals surface area contributed by atoms with E-state index < -0.39 is 22.8 Å². The SMILES string of the molecule is O=C(N[C@@H](CC1CC1)C(=O)O)c1cccc([N+](=O)[O-])c1. The number of carbonyl (C=O) groups excluding carboxylic acids is 1. The van der Waals surface area contributed by atoms with Crippen LogP contribution in [0.4, 0.5) is 5.69 Å². The summed E-state index contributed by atoms with van der Waals surface area (Å²) in [6.45, 7) is 0. The largest absolute Gasteiger partial charge is 0.480 e. The van der Waals surface area contributed by atoms with Crippen molar-refractivity contribution in [3.05, 3.63) is 39.9 Å². The van der Waals surface area contributed by atoms with E-state index in [-0.39, 0.29) is 11.3 Å². The van der Waals surface area contributed by atoms with Crippen molar-refractivity contribution in [2.24, 2.45) is 5.92 Å². The first-order valence-electron chi connectivity index (χ1n) is 6.25. The van der Waals surface area contributed by atoms with Gasteiger partial charge in [0.2, 0.25) is 0 Å². The van der Waals surface area contributed by atoms with Gasteiger partial charge in [0.15, 0.2) is 0 Å². The van der Waals surface area contributed by atoms with Gasteiger partial charge in [0.1, 0.15) is 6.04 Å². The Morgan fingerprint density at radius 2 is 2.15 bits per heavy atom. The highest BCUT2D eigenvalue weighted by atomic mass is 16.6. The fourth-order valence-corrected chi connectivity index (χ4v) is 1.91. The summed E-state index contributed by atoms with van der Waals surface area (Å²) in [5.41, 5.74) is -0.118. The molecule has 1 atom stereocenters. The van der Waals surface area contributed by atoms with Crippen molar-refractivity contribution in [1.29, 1.82) is 0 Å². The third-order valence-corrected chi connectivity index (χ3v) is 3.19. The number of non-ortho nitro benzene ring substituents is 1. The van der Waals surface area contributed by atoms with Crippen molar-refractivity contribution in [3.63, 3.8) is 0 Å². The van der Waals surface area contributed by atoms with Gasteiger partial charge in [-0.25, -0.2) is 4.79 Å². The fourth-order valence-electron chi connectivity index (χ4n) is 1.91. The zero-order chi connectivity index (χ0) is 14.7. The number of carboxylic acids is 1. The molecule has 0 bridgehead atoms. The molecule has 2 N–H and O–H groups in total. The summed E-state index contributed by atoms with van der Waals surface area (Å²) in [6.07, 6.45) is 2.36. The second kappa shape index (κ2) is 5.68. The number of hydrogen-bond donors (Lipinski definition) is 2. The van der Waals surface area contributed by atoms with Crippen LogP contribution in [-0.2, 0) is 4.79 Å². The smallest absolute Gasteiger partial charge is 0.326 e. The molecule has 1 aromatic carbocycles. The molecule has 0 saturated heterocycles. The number of carbonyl (C=O) groups is 2. The lowest BCUT2D eigenvalue weighted by Gasteiger charge is -2.13. The summed E-state index contributed by atoms with van der Waals surface area (Å²) in [5, 5.41) is 22.1. The number of nitrogens with zero attached hydrogens (tertiary/aromatic N) is 1. The van der Waals surface area contributed by atoms with Crippen LogP contribution in [-0.4, -0.2) is 27.9 Å². The molecule has 1 aliphatic rings. The van der Waals surface area contributed by atoms with Gasteiger partial charge in [0.25, 0.3) is 11.6 Å². The Kier molecular flexibility index (Phi) is 3.97. The highest BCUT2D eigenvalue weighted by Crippen LogP contribution is 2.33. The van der Waals surface area contributed by atoms with Crippen LogP contribution >= 0.6 is 0 Å². The normalized spacial score (nSPS) is 15.4. The monoisotopic (exact) mass is 278 g/mol. The molecule has 0 heterocycles. The fraction of sp³-hybridized carbons (Fsp3) is 0.385. The van der Waals surface area contributed by atoms with Gasteiger partial charge in [-0.2, -0.15) is 0 Å². The predicted molar refractivity (Wildman–Crippen MR) is 69.3 cm³/mol. The van der Waals surface area contributed by atoms with Gasteiger partial charge in [0, 0.05) is 17.7 Å². The lowest BCUT2D eigenvalue weighted by Crippen LogP contribution is -2.41. The summed E-state index contributed by atoms with van der Waals surface area (Å²) in [4.78, 5) is 33.1. The standard InChI is InChI=1S/C13H14N2O5/c16-12(9-2-1-3-10(7-9)15(19)20)14-11(13(17)18)6-8-4-5-8/h1-3,7-8,11H,4-6H2,(H,14,16)(H,17,18)/t11-/m0/s1. The van der Waals surface area contributed by atoms with Crippen molar-refractivity contribution >= 4 is 17.6 Å². The number of benzene rings is 1. The Morgan fingerprint density at radius 3 is 2.70 bits per heavy atom. The van der Waals surface area contributed by atoms with Crippen molar-refractivity contribution in [2.45, 2.75) is 25.3 Å². The average molecular weight is 278 g/mol. The van der Waals surface area contributed by atoms with E-state index >= 15 is 0 Å². The molecule has 0 radical (unpaired) electrons. The molecule has 0 aliphatic heterocycles. The van der Waals surface area contributed by atoms with Gasteiger partial charge >= 0.3 is 5.97 Å². The molecule has 1 fully saturated rings. The summed E-state index contributed by atoms with van der Waals surface area (Å²) in [7, 11) is 0. The first-order chi connectivity index (χ1) is 9.47. The third-order valence-electron chi connectivity index (χ3n) is 3.19. The first-order valence-corrected chi connectivity index (χ1v) is 6.25. The molecule has 2 rings (SSSR count). The number of carboxylic acid groups (broad SMARTS) is 1. The van der Waals surface area contributed by atoms with Gasteiger partial charge in [0.05, 0.1) is 4.92 Å². The van der Waals surface area contributed by atoms with Gasteiger partial charge in [-0.15, -0.1) is 0 Å². The molecule has 1 aliphatic carbocycles. The molecule has 0 aromatic heterocycles. The molecule has 1 saturated carbocycles. The topological polar surface area (TPSA) is 110 Å². The van der Waals surface area contributed by atoms with Crippen LogP contribution in [0.3, 0.4) is 0 Å². The summed E-state index contributed by atoms with van der Waals surface area (Å²) in [6, 6.07) is 4.26. The van der Waals surface area contributed by atoms with Crippen molar-refractivity contribution in [3.8, 4) is 0 Å². The quantitative estimate of drug-likeness (QED) is 0.606. The van der Waals surface area contributed by atoms with E-state index in [4.69, 9.17) is 5.11 Å². The molecule has 0 spiro atoms. The molecule has 7 heteroatoms. The van der Waals surface area contributed by atoms with E-state index in [1.807, 2.05) is 0 Å². The second-order valence-corrected chi connectivity index (χ2v) is 4.85. The Bertz CT molecular complexity index is 553. The van der Waals surface area contributed by atoms with Gasteiger partial charge in [-0.1, -0.05) is 18.9 Å². The lowest BCUT2D eigenvalue weighted by molar-refractivity contribution is -0.384. The highest BCUT2D eigenvalue weighted by Gasteiger charge is 2.30. The predicted octanol–water partition coefficient (Wildman–Crippen LogP) is 1.58. The minimum atomic E-state index is -1.09. The Morgan fingerprint density at radius 1 is 1.45 bits per heavy atom. The van der Waals surface area contributed by atoms with Crippen LogP contribution in [0.25, 0.3) is 0 Å². The highest BCUT2D eigenvalue weighted by molar-refractivity contribution is 5.97. The van der Waals surface area contributed by atoms with Crippen LogP contribution in [0.15, 0.2) is 24.3 Å². The summed E-state index contributed by atoms with van der Waals surface area (Å²) in [5.74, 6) is -1.35. The van der Waals surface area contributed by atoms with E-state index in [0.717, 1.165) is 18.9 Å². The maximum Gasteiger partial charge on any atom is 0.326 e. The van der Waals surface area contributed by atoms with Gasteiger partial charge < -0.3 is 10.4 Å². The Hall–Kier alpha value is -2.44. The summed E-state index contributed by atoms with van der Waals surface area (Å²) >= 11 is 0.